The van der Waals surface area contributed by atoms with Crippen LogP contribution in [-0.2, 0) is 0 Å². The number of piperidine rings is 1. The first-order valence-corrected chi connectivity index (χ1v) is 6.10. The molecule has 0 aromatic heterocycles. The van der Waals surface area contributed by atoms with E-state index in [1.165, 1.54) is 32.4 Å². The van der Waals surface area contributed by atoms with Crippen LogP contribution < -0.4 is 5.32 Å². The van der Waals surface area contributed by atoms with E-state index in [9.17, 15) is 0 Å². The Hall–Kier alpha value is -0.0800. The van der Waals surface area contributed by atoms with Gasteiger partial charge in [-0.05, 0) is 45.7 Å². The quantitative estimate of drug-likeness (QED) is 0.744. The van der Waals surface area contributed by atoms with Crippen molar-refractivity contribution in [1.82, 2.24) is 10.2 Å². The van der Waals surface area contributed by atoms with Crippen molar-refractivity contribution in [3.8, 4) is 0 Å². The maximum absolute atomic E-state index is 3.39. The van der Waals surface area contributed by atoms with E-state index in [2.05, 4.69) is 38.0 Å². The summed E-state index contributed by atoms with van der Waals surface area (Å²) < 4.78 is 0. The predicted octanol–water partition coefficient (Wildman–Crippen LogP) is 2.10. The smallest absolute Gasteiger partial charge is 0.0189 e. The van der Waals surface area contributed by atoms with Gasteiger partial charge in [0.05, 0.1) is 0 Å². The average molecular weight is 198 g/mol. The highest BCUT2D eigenvalue weighted by atomic mass is 15.2. The van der Waals surface area contributed by atoms with Crippen molar-refractivity contribution in [2.24, 2.45) is 5.92 Å². The standard InChI is InChI=1S/C12H26N2/c1-5-12(13-4)9-14-8-6-7-10(2)11(14)3/h10-13H,5-9H2,1-4H3. The molecule has 0 aromatic rings. The van der Waals surface area contributed by atoms with Crippen LogP contribution in [0.5, 0.6) is 0 Å². The maximum atomic E-state index is 3.39. The molecular formula is C12H26N2. The molecule has 0 bridgehead atoms. The number of rotatable bonds is 4. The van der Waals surface area contributed by atoms with Gasteiger partial charge in [0.15, 0.2) is 0 Å². The van der Waals surface area contributed by atoms with Crippen molar-refractivity contribution in [2.45, 2.75) is 52.1 Å². The molecular weight excluding hydrogens is 172 g/mol. The molecule has 0 radical (unpaired) electrons. The maximum Gasteiger partial charge on any atom is 0.0189 e. The molecule has 84 valence electrons. The van der Waals surface area contributed by atoms with E-state index in [0.717, 1.165) is 12.0 Å². The molecule has 0 saturated carbocycles. The van der Waals surface area contributed by atoms with E-state index >= 15 is 0 Å². The zero-order valence-electron chi connectivity index (χ0n) is 10.2. The van der Waals surface area contributed by atoms with Crippen molar-refractivity contribution in [3.63, 3.8) is 0 Å². The average Bonchev–Trinajstić information content (AvgIpc) is 2.20. The molecule has 1 aliphatic heterocycles. The van der Waals surface area contributed by atoms with Gasteiger partial charge in [0.25, 0.3) is 0 Å². The summed E-state index contributed by atoms with van der Waals surface area (Å²) in [6.45, 7) is 9.55. The van der Waals surface area contributed by atoms with Crippen LogP contribution in [0.3, 0.4) is 0 Å². The first-order chi connectivity index (χ1) is 6.69. The summed E-state index contributed by atoms with van der Waals surface area (Å²) in [4.78, 5) is 2.65. The van der Waals surface area contributed by atoms with Crippen LogP contribution >= 0.6 is 0 Å². The largest absolute Gasteiger partial charge is 0.316 e. The summed E-state index contributed by atoms with van der Waals surface area (Å²) in [6, 6.07) is 1.44. The van der Waals surface area contributed by atoms with E-state index in [1.54, 1.807) is 0 Å². The Bertz CT molecular complexity index is 154. The number of nitrogens with zero attached hydrogens (tertiary/aromatic N) is 1. The Labute approximate surface area is 89.1 Å². The third-order valence-corrected chi connectivity index (χ3v) is 3.86. The van der Waals surface area contributed by atoms with Gasteiger partial charge in [0.2, 0.25) is 0 Å². The van der Waals surface area contributed by atoms with Crippen LogP contribution in [0, 0.1) is 5.92 Å². The van der Waals surface area contributed by atoms with Crippen LogP contribution in [0.1, 0.15) is 40.0 Å². The summed E-state index contributed by atoms with van der Waals surface area (Å²) >= 11 is 0. The van der Waals surface area contributed by atoms with Crippen molar-refractivity contribution < 1.29 is 0 Å². The lowest BCUT2D eigenvalue weighted by atomic mass is 9.91. The van der Waals surface area contributed by atoms with E-state index in [1.807, 2.05) is 0 Å². The predicted molar refractivity (Wildman–Crippen MR) is 62.6 cm³/mol. The van der Waals surface area contributed by atoms with Gasteiger partial charge in [-0.25, -0.2) is 0 Å². The molecule has 0 spiro atoms. The van der Waals surface area contributed by atoms with E-state index in [4.69, 9.17) is 0 Å². The summed E-state index contributed by atoms with van der Waals surface area (Å²) in [5.41, 5.74) is 0. The number of nitrogens with one attached hydrogen (secondary N) is 1. The molecule has 1 saturated heterocycles. The topological polar surface area (TPSA) is 15.3 Å². The fourth-order valence-electron chi connectivity index (χ4n) is 2.39. The van der Waals surface area contributed by atoms with Crippen LogP contribution in [0.2, 0.25) is 0 Å². The molecule has 3 atom stereocenters. The Morgan fingerprint density at radius 3 is 2.71 bits per heavy atom. The molecule has 0 aromatic carbocycles. The first-order valence-electron chi connectivity index (χ1n) is 6.10. The molecule has 1 aliphatic rings. The Balaban J connectivity index is 2.41. The van der Waals surface area contributed by atoms with Crippen LogP contribution in [0.15, 0.2) is 0 Å². The minimum absolute atomic E-state index is 0.669. The zero-order chi connectivity index (χ0) is 10.6. The molecule has 1 rings (SSSR count). The number of likely N-dealkylation sites (tertiary alicyclic amines) is 1. The summed E-state index contributed by atoms with van der Waals surface area (Å²) in [6.07, 6.45) is 4.02. The fourth-order valence-corrected chi connectivity index (χ4v) is 2.39. The van der Waals surface area contributed by atoms with Gasteiger partial charge in [-0.15, -0.1) is 0 Å². The van der Waals surface area contributed by atoms with Gasteiger partial charge in [-0.1, -0.05) is 13.8 Å². The highest BCUT2D eigenvalue weighted by Gasteiger charge is 2.25. The van der Waals surface area contributed by atoms with E-state index < -0.39 is 0 Å². The second-order valence-corrected chi connectivity index (χ2v) is 4.75. The van der Waals surface area contributed by atoms with E-state index in [0.29, 0.717) is 6.04 Å². The van der Waals surface area contributed by atoms with Gasteiger partial charge in [-0.2, -0.15) is 0 Å². The molecule has 1 N–H and O–H groups in total. The molecule has 2 heteroatoms. The van der Waals surface area contributed by atoms with Crippen molar-refractivity contribution in [1.29, 1.82) is 0 Å². The lowest BCUT2D eigenvalue weighted by Crippen LogP contribution is -2.48. The Kier molecular flexibility index (Phi) is 4.90. The van der Waals surface area contributed by atoms with Crippen molar-refractivity contribution in [3.05, 3.63) is 0 Å². The van der Waals surface area contributed by atoms with Crippen molar-refractivity contribution in [2.75, 3.05) is 20.1 Å². The lowest BCUT2D eigenvalue weighted by Gasteiger charge is -2.39. The van der Waals surface area contributed by atoms with Crippen LogP contribution in [0.25, 0.3) is 0 Å². The Morgan fingerprint density at radius 1 is 1.43 bits per heavy atom. The van der Waals surface area contributed by atoms with E-state index in [-0.39, 0.29) is 0 Å². The summed E-state index contributed by atoms with van der Waals surface area (Å²) in [5, 5.41) is 3.39. The second-order valence-electron chi connectivity index (χ2n) is 4.75. The fraction of sp³-hybridized carbons (Fsp3) is 1.00. The summed E-state index contributed by atoms with van der Waals surface area (Å²) in [7, 11) is 2.08. The second kappa shape index (κ2) is 5.72. The summed E-state index contributed by atoms with van der Waals surface area (Å²) in [5.74, 6) is 0.873. The molecule has 0 aliphatic carbocycles. The normalized spacial score (nSPS) is 31.7. The third kappa shape index (κ3) is 2.96. The highest BCUT2D eigenvalue weighted by molar-refractivity contribution is 4.81. The zero-order valence-corrected chi connectivity index (χ0v) is 10.2. The molecule has 0 amide bonds. The van der Waals surface area contributed by atoms with Crippen LogP contribution in [-0.4, -0.2) is 37.1 Å². The number of likely N-dealkylation sites (N-methyl/N-ethyl adjacent to an activating group) is 1. The lowest BCUT2D eigenvalue weighted by molar-refractivity contribution is 0.102. The third-order valence-electron chi connectivity index (χ3n) is 3.86. The first kappa shape index (κ1) is 12.0. The van der Waals surface area contributed by atoms with Crippen LogP contribution in [0.4, 0.5) is 0 Å². The molecule has 14 heavy (non-hydrogen) atoms. The highest BCUT2D eigenvalue weighted by Crippen LogP contribution is 2.22. The molecule has 1 heterocycles. The number of hydrogen-bond donors (Lipinski definition) is 1. The van der Waals surface area contributed by atoms with Gasteiger partial charge < -0.3 is 5.32 Å². The van der Waals surface area contributed by atoms with Gasteiger partial charge in [0, 0.05) is 18.6 Å². The SMILES string of the molecule is CCC(CN1CCCC(C)C1C)NC. The molecule has 1 fully saturated rings. The molecule has 2 nitrogen and oxygen atoms in total. The minimum Gasteiger partial charge on any atom is -0.316 e. The van der Waals surface area contributed by atoms with Crippen molar-refractivity contribution >= 4 is 0 Å². The Morgan fingerprint density at radius 2 is 2.14 bits per heavy atom. The molecule has 3 unspecified atom stereocenters. The monoisotopic (exact) mass is 198 g/mol. The van der Waals surface area contributed by atoms with Gasteiger partial charge >= 0.3 is 0 Å². The van der Waals surface area contributed by atoms with Gasteiger partial charge in [0.1, 0.15) is 0 Å². The van der Waals surface area contributed by atoms with Gasteiger partial charge in [-0.3, -0.25) is 4.90 Å². The number of hydrogen-bond acceptors (Lipinski definition) is 2. The minimum atomic E-state index is 0.669.